The molecule has 0 spiro atoms. The molecule has 0 aliphatic carbocycles. The molecule has 5 nitrogen and oxygen atoms in total. The first-order valence-electron chi connectivity index (χ1n) is 6.97. The zero-order valence-corrected chi connectivity index (χ0v) is 12.0. The monoisotopic (exact) mass is 287 g/mol. The topological polar surface area (TPSA) is 77.6 Å². The summed E-state index contributed by atoms with van der Waals surface area (Å²) >= 11 is 0. The first-order chi connectivity index (χ1) is 10.7. The summed E-state index contributed by atoms with van der Waals surface area (Å²) in [5, 5.41) is 0. The van der Waals surface area contributed by atoms with Gasteiger partial charge in [-0.05, 0) is 36.8 Å². The van der Waals surface area contributed by atoms with Gasteiger partial charge in [-0.3, -0.25) is 4.98 Å². The molecular weight excluding hydrogens is 274 g/mol. The number of rotatable bonds is 1. The maximum absolute atomic E-state index is 6.07. The number of anilines is 1. The lowest BCUT2D eigenvalue weighted by atomic mass is 10.2. The van der Waals surface area contributed by atoms with Crippen molar-refractivity contribution in [2.24, 2.45) is 0 Å². The van der Waals surface area contributed by atoms with E-state index in [-0.39, 0.29) is 0 Å². The van der Waals surface area contributed by atoms with E-state index in [4.69, 9.17) is 5.73 Å². The number of benzene rings is 2. The quantitative estimate of drug-likeness (QED) is 0.582. The molecule has 0 amide bonds. The van der Waals surface area contributed by atoms with Crippen LogP contribution in [0.4, 0.5) is 5.82 Å². The average Bonchev–Trinajstić information content (AvgIpc) is 2.53. The van der Waals surface area contributed by atoms with Crippen LogP contribution in [0.1, 0.15) is 5.56 Å². The third-order valence-electron chi connectivity index (χ3n) is 3.54. The van der Waals surface area contributed by atoms with Gasteiger partial charge < -0.3 is 5.73 Å². The number of hydrogen-bond acceptors (Lipinski definition) is 5. The van der Waals surface area contributed by atoms with Crippen molar-refractivity contribution in [3.8, 4) is 11.4 Å². The third-order valence-corrected chi connectivity index (χ3v) is 3.54. The van der Waals surface area contributed by atoms with Gasteiger partial charge in [-0.1, -0.05) is 18.2 Å². The lowest BCUT2D eigenvalue weighted by molar-refractivity contribution is 1.23. The van der Waals surface area contributed by atoms with Crippen molar-refractivity contribution in [2.75, 3.05) is 5.73 Å². The van der Waals surface area contributed by atoms with E-state index < -0.39 is 0 Å². The van der Waals surface area contributed by atoms with Crippen LogP contribution in [0, 0.1) is 6.92 Å². The fourth-order valence-corrected chi connectivity index (χ4v) is 2.44. The number of hydrogen-bond donors (Lipinski definition) is 1. The van der Waals surface area contributed by atoms with Crippen LogP contribution in [0.25, 0.3) is 33.5 Å². The molecule has 0 radical (unpaired) electrons. The largest absolute Gasteiger partial charge is 0.382 e. The molecule has 0 fully saturated rings. The summed E-state index contributed by atoms with van der Waals surface area (Å²) in [5.74, 6) is 0.364. The van der Waals surface area contributed by atoms with E-state index >= 15 is 0 Å². The smallest absolute Gasteiger partial charge is 0.152 e. The Morgan fingerprint density at radius 1 is 0.818 bits per heavy atom. The summed E-state index contributed by atoms with van der Waals surface area (Å²) in [6.45, 7) is 2.01. The Labute approximate surface area is 126 Å². The van der Waals surface area contributed by atoms with Gasteiger partial charge in [0.2, 0.25) is 0 Å². The molecule has 2 heterocycles. The summed E-state index contributed by atoms with van der Waals surface area (Å²) < 4.78 is 0. The first-order valence-corrected chi connectivity index (χ1v) is 6.97. The van der Waals surface area contributed by atoms with Gasteiger partial charge in [-0.15, -0.1) is 0 Å². The summed E-state index contributed by atoms with van der Waals surface area (Å²) in [6.07, 6.45) is 1.68. The van der Waals surface area contributed by atoms with Crippen molar-refractivity contribution < 1.29 is 0 Å². The average molecular weight is 287 g/mol. The van der Waals surface area contributed by atoms with Gasteiger partial charge in [-0.2, -0.15) is 0 Å². The predicted octanol–water partition coefficient (Wildman–Crippen LogP) is 3.13. The second-order valence-corrected chi connectivity index (χ2v) is 5.19. The Kier molecular flexibility index (Phi) is 2.72. The molecular formula is C17H13N5. The Balaban J connectivity index is 1.94. The molecule has 0 aliphatic rings. The van der Waals surface area contributed by atoms with Crippen molar-refractivity contribution in [3.63, 3.8) is 0 Å². The zero-order valence-electron chi connectivity index (χ0n) is 12.0. The molecule has 0 aliphatic heterocycles. The SMILES string of the molecule is Cc1ccc2nc(-c3cnc4ccccc4n3)c(N)nc2c1. The number of nitrogen functional groups attached to an aromatic ring is 1. The molecule has 0 bridgehead atoms. The molecule has 4 aromatic rings. The number of nitrogens with two attached hydrogens (primary N) is 1. The van der Waals surface area contributed by atoms with Crippen molar-refractivity contribution in [3.05, 3.63) is 54.2 Å². The summed E-state index contributed by atoms with van der Waals surface area (Å²) in [4.78, 5) is 18.0. The van der Waals surface area contributed by atoms with Crippen molar-refractivity contribution >= 4 is 27.9 Å². The predicted molar refractivity (Wildman–Crippen MR) is 87.2 cm³/mol. The maximum Gasteiger partial charge on any atom is 0.152 e. The Hall–Kier alpha value is -3.08. The van der Waals surface area contributed by atoms with Crippen LogP contribution < -0.4 is 5.73 Å². The lowest BCUT2D eigenvalue weighted by Crippen LogP contribution is -2.00. The zero-order chi connectivity index (χ0) is 15.1. The minimum Gasteiger partial charge on any atom is -0.382 e. The molecule has 0 unspecified atom stereocenters. The standard InChI is InChI=1S/C17H13N5/c1-10-6-7-13-14(8-10)22-17(18)16(21-13)15-9-19-11-4-2-3-5-12(11)20-15/h2-9H,1H3,(H2,18,22). The van der Waals surface area contributed by atoms with Crippen LogP contribution >= 0.6 is 0 Å². The van der Waals surface area contributed by atoms with Crippen LogP contribution in [0.3, 0.4) is 0 Å². The van der Waals surface area contributed by atoms with Crippen LogP contribution in [-0.2, 0) is 0 Å². The fraction of sp³-hybridized carbons (Fsp3) is 0.0588. The summed E-state index contributed by atoms with van der Waals surface area (Å²) in [5.41, 5.74) is 11.6. The molecule has 5 heteroatoms. The van der Waals surface area contributed by atoms with E-state index in [0.717, 1.165) is 27.6 Å². The highest BCUT2D eigenvalue weighted by Crippen LogP contribution is 2.24. The van der Waals surface area contributed by atoms with Crippen LogP contribution in [0.15, 0.2) is 48.7 Å². The van der Waals surface area contributed by atoms with Gasteiger partial charge in [0.05, 0.1) is 28.3 Å². The second kappa shape index (κ2) is 4.73. The van der Waals surface area contributed by atoms with Crippen LogP contribution in [0.5, 0.6) is 0 Å². The minimum atomic E-state index is 0.364. The van der Waals surface area contributed by atoms with Gasteiger partial charge in [0.1, 0.15) is 11.4 Å². The van der Waals surface area contributed by atoms with Gasteiger partial charge >= 0.3 is 0 Å². The highest BCUT2D eigenvalue weighted by atomic mass is 14.9. The highest BCUT2D eigenvalue weighted by Gasteiger charge is 2.11. The van der Waals surface area contributed by atoms with E-state index in [1.165, 1.54) is 0 Å². The van der Waals surface area contributed by atoms with Gasteiger partial charge in [0.15, 0.2) is 5.82 Å². The normalized spacial score (nSPS) is 11.1. The molecule has 0 atom stereocenters. The molecule has 22 heavy (non-hydrogen) atoms. The maximum atomic E-state index is 6.07. The Morgan fingerprint density at radius 3 is 2.45 bits per heavy atom. The third kappa shape index (κ3) is 2.03. The van der Waals surface area contributed by atoms with E-state index in [9.17, 15) is 0 Å². The number of aromatic nitrogens is 4. The Bertz CT molecular complexity index is 1010. The second-order valence-electron chi connectivity index (χ2n) is 5.19. The minimum absolute atomic E-state index is 0.364. The molecule has 0 saturated carbocycles. The van der Waals surface area contributed by atoms with Crippen molar-refractivity contribution in [2.45, 2.75) is 6.92 Å². The first kappa shape index (κ1) is 12.6. The summed E-state index contributed by atoms with van der Waals surface area (Å²) in [7, 11) is 0. The number of para-hydroxylation sites is 2. The van der Waals surface area contributed by atoms with Crippen LogP contribution in [-0.4, -0.2) is 19.9 Å². The lowest BCUT2D eigenvalue weighted by Gasteiger charge is -2.07. The van der Waals surface area contributed by atoms with E-state index in [0.29, 0.717) is 17.2 Å². The van der Waals surface area contributed by atoms with Gasteiger partial charge in [0.25, 0.3) is 0 Å². The van der Waals surface area contributed by atoms with E-state index in [1.54, 1.807) is 6.20 Å². The van der Waals surface area contributed by atoms with E-state index in [1.807, 2.05) is 49.4 Å². The number of fused-ring (bicyclic) bond motifs is 2. The fourth-order valence-electron chi connectivity index (χ4n) is 2.44. The molecule has 2 aromatic heterocycles. The van der Waals surface area contributed by atoms with Crippen LogP contribution in [0.2, 0.25) is 0 Å². The van der Waals surface area contributed by atoms with E-state index in [2.05, 4.69) is 19.9 Å². The number of aryl methyl sites for hydroxylation is 1. The van der Waals surface area contributed by atoms with Gasteiger partial charge in [-0.25, -0.2) is 15.0 Å². The molecule has 4 rings (SSSR count). The molecule has 2 N–H and O–H groups in total. The van der Waals surface area contributed by atoms with Crippen molar-refractivity contribution in [1.29, 1.82) is 0 Å². The summed E-state index contributed by atoms with van der Waals surface area (Å²) in [6, 6.07) is 13.6. The number of nitrogens with zero attached hydrogens (tertiary/aromatic N) is 4. The highest BCUT2D eigenvalue weighted by molar-refractivity contribution is 5.83. The van der Waals surface area contributed by atoms with Gasteiger partial charge in [0, 0.05) is 0 Å². The molecule has 2 aromatic carbocycles. The molecule has 106 valence electrons. The molecule has 0 saturated heterocycles. The van der Waals surface area contributed by atoms with Crippen molar-refractivity contribution in [1.82, 2.24) is 19.9 Å². The Morgan fingerprint density at radius 2 is 1.59 bits per heavy atom.